The van der Waals surface area contributed by atoms with Gasteiger partial charge in [0.05, 0.1) is 4.88 Å². The standard InChI is InChI=1S/C10H8ClNO3S2/c1-12-5-4-7(6-12)10(13)8-2-3-9(16-8)17(11,14)15/h2-6H,1H3. The molecule has 0 aliphatic rings. The molecule has 0 aliphatic heterocycles. The van der Waals surface area contributed by atoms with Crippen molar-refractivity contribution in [3.05, 3.63) is 41.0 Å². The van der Waals surface area contributed by atoms with E-state index in [2.05, 4.69) is 0 Å². The topological polar surface area (TPSA) is 56.1 Å². The summed E-state index contributed by atoms with van der Waals surface area (Å²) in [5.41, 5.74) is 0.521. The van der Waals surface area contributed by atoms with Crippen molar-refractivity contribution in [3.63, 3.8) is 0 Å². The molecule has 90 valence electrons. The van der Waals surface area contributed by atoms with Crippen LogP contribution in [0.5, 0.6) is 0 Å². The van der Waals surface area contributed by atoms with Crippen LogP contribution in [0.4, 0.5) is 0 Å². The van der Waals surface area contributed by atoms with Crippen molar-refractivity contribution < 1.29 is 13.2 Å². The minimum atomic E-state index is -3.76. The molecule has 0 aromatic carbocycles. The van der Waals surface area contributed by atoms with Crippen LogP contribution in [-0.4, -0.2) is 18.8 Å². The maximum atomic E-state index is 12.0. The molecule has 0 spiro atoms. The number of halogens is 1. The maximum absolute atomic E-state index is 12.0. The SMILES string of the molecule is Cn1ccc(C(=O)c2ccc(S(=O)(=O)Cl)s2)c1. The molecule has 2 heterocycles. The fraction of sp³-hybridized carbons (Fsp3) is 0.100. The summed E-state index contributed by atoms with van der Waals surface area (Å²) in [6.07, 6.45) is 3.43. The van der Waals surface area contributed by atoms with Crippen LogP contribution >= 0.6 is 22.0 Å². The summed E-state index contributed by atoms with van der Waals surface area (Å²) in [4.78, 5) is 12.3. The zero-order valence-electron chi connectivity index (χ0n) is 8.75. The third kappa shape index (κ3) is 2.59. The first kappa shape index (κ1) is 12.3. The van der Waals surface area contributed by atoms with Crippen LogP contribution in [0, 0.1) is 0 Å². The Hall–Kier alpha value is -1.11. The highest BCUT2D eigenvalue weighted by atomic mass is 35.7. The van der Waals surface area contributed by atoms with Crippen LogP contribution in [-0.2, 0) is 16.1 Å². The van der Waals surface area contributed by atoms with Crippen LogP contribution in [0.1, 0.15) is 15.2 Å². The monoisotopic (exact) mass is 289 g/mol. The molecule has 0 saturated carbocycles. The van der Waals surface area contributed by atoms with Crippen LogP contribution in [0.25, 0.3) is 0 Å². The van der Waals surface area contributed by atoms with E-state index in [1.165, 1.54) is 12.1 Å². The normalized spacial score (nSPS) is 11.6. The van der Waals surface area contributed by atoms with Gasteiger partial charge in [0.2, 0.25) is 5.78 Å². The van der Waals surface area contributed by atoms with Crippen molar-refractivity contribution >= 4 is 36.9 Å². The highest BCUT2D eigenvalue weighted by Crippen LogP contribution is 2.26. The van der Waals surface area contributed by atoms with E-state index in [1.807, 2.05) is 0 Å². The Kier molecular flexibility index (Phi) is 3.11. The summed E-state index contributed by atoms with van der Waals surface area (Å²) in [6.45, 7) is 0. The Morgan fingerprint density at radius 1 is 1.35 bits per heavy atom. The van der Waals surface area contributed by atoms with E-state index >= 15 is 0 Å². The number of aromatic nitrogens is 1. The third-order valence-electron chi connectivity index (χ3n) is 2.14. The predicted molar refractivity (Wildman–Crippen MR) is 66.2 cm³/mol. The molecule has 17 heavy (non-hydrogen) atoms. The first-order chi connectivity index (χ1) is 7.88. The average Bonchev–Trinajstić information content (AvgIpc) is 2.83. The summed E-state index contributed by atoms with van der Waals surface area (Å²) in [5, 5.41) is 0. The van der Waals surface area contributed by atoms with E-state index in [1.54, 1.807) is 30.1 Å². The number of carbonyl (C=O) groups excluding carboxylic acids is 1. The van der Waals surface area contributed by atoms with Crippen molar-refractivity contribution in [2.24, 2.45) is 7.05 Å². The smallest absolute Gasteiger partial charge is 0.270 e. The number of carbonyl (C=O) groups is 1. The van der Waals surface area contributed by atoms with Gasteiger partial charge in [-0.25, -0.2) is 8.42 Å². The Bertz CT molecular complexity index is 669. The van der Waals surface area contributed by atoms with E-state index in [0.29, 0.717) is 10.4 Å². The van der Waals surface area contributed by atoms with Gasteiger partial charge >= 0.3 is 0 Å². The molecule has 4 nitrogen and oxygen atoms in total. The van der Waals surface area contributed by atoms with Crippen molar-refractivity contribution in [3.8, 4) is 0 Å². The molecule has 0 bridgehead atoms. The zero-order chi connectivity index (χ0) is 12.6. The lowest BCUT2D eigenvalue weighted by Crippen LogP contribution is -1.96. The summed E-state index contributed by atoms with van der Waals surface area (Å²) in [6, 6.07) is 4.48. The minimum absolute atomic E-state index is 0.0153. The quantitative estimate of drug-likeness (QED) is 0.643. The fourth-order valence-corrected chi connectivity index (χ4v) is 3.39. The van der Waals surface area contributed by atoms with Gasteiger partial charge in [-0.3, -0.25) is 4.79 Å². The van der Waals surface area contributed by atoms with Gasteiger partial charge in [-0.15, -0.1) is 11.3 Å². The minimum Gasteiger partial charge on any atom is -0.357 e. The molecule has 0 saturated heterocycles. The van der Waals surface area contributed by atoms with Crippen LogP contribution in [0.3, 0.4) is 0 Å². The van der Waals surface area contributed by atoms with Gasteiger partial charge in [0, 0.05) is 35.7 Å². The second-order valence-corrected chi connectivity index (χ2v) is 7.33. The van der Waals surface area contributed by atoms with Crippen molar-refractivity contribution in [2.75, 3.05) is 0 Å². The Balaban J connectivity index is 2.36. The van der Waals surface area contributed by atoms with Gasteiger partial charge in [-0.2, -0.15) is 0 Å². The highest BCUT2D eigenvalue weighted by molar-refractivity contribution is 8.15. The second-order valence-electron chi connectivity index (χ2n) is 3.45. The summed E-state index contributed by atoms with van der Waals surface area (Å²) < 4.78 is 23.9. The van der Waals surface area contributed by atoms with E-state index < -0.39 is 9.05 Å². The Labute approximate surface area is 107 Å². The summed E-state index contributed by atoms with van der Waals surface area (Å²) in [7, 11) is 3.24. The van der Waals surface area contributed by atoms with E-state index in [4.69, 9.17) is 10.7 Å². The Morgan fingerprint density at radius 2 is 2.06 bits per heavy atom. The van der Waals surface area contributed by atoms with E-state index in [9.17, 15) is 13.2 Å². The summed E-state index contributed by atoms with van der Waals surface area (Å²) >= 11 is 0.873. The van der Waals surface area contributed by atoms with E-state index in [-0.39, 0.29) is 9.99 Å². The van der Waals surface area contributed by atoms with Crippen molar-refractivity contribution in [1.29, 1.82) is 0 Å². The number of aryl methyl sites for hydroxylation is 1. The molecule has 0 radical (unpaired) electrons. The first-order valence-electron chi connectivity index (χ1n) is 4.59. The molecule has 0 aliphatic carbocycles. The van der Waals surface area contributed by atoms with Gasteiger partial charge in [0.1, 0.15) is 4.21 Å². The third-order valence-corrected chi connectivity index (χ3v) is 5.32. The highest BCUT2D eigenvalue weighted by Gasteiger charge is 2.18. The molecule has 2 rings (SSSR count). The van der Waals surface area contributed by atoms with E-state index in [0.717, 1.165) is 11.3 Å². The van der Waals surface area contributed by atoms with Gasteiger partial charge < -0.3 is 4.57 Å². The lowest BCUT2D eigenvalue weighted by atomic mass is 10.2. The molecule has 0 amide bonds. The average molecular weight is 290 g/mol. The number of rotatable bonds is 3. The van der Waals surface area contributed by atoms with Gasteiger partial charge in [-0.05, 0) is 18.2 Å². The lowest BCUT2D eigenvalue weighted by molar-refractivity contribution is 0.104. The summed E-state index contributed by atoms with van der Waals surface area (Å²) in [5.74, 6) is -0.206. The number of nitrogens with zero attached hydrogens (tertiary/aromatic N) is 1. The van der Waals surface area contributed by atoms with Crippen molar-refractivity contribution in [2.45, 2.75) is 4.21 Å². The number of ketones is 1. The molecular weight excluding hydrogens is 282 g/mol. The largest absolute Gasteiger partial charge is 0.357 e. The van der Waals surface area contributed by atoms with Crippen LogP contribution in [0.2, 0.25) is 0 Å². The second kappa shape index (κ2) is 4.29. The molecule has 2 aromatic rings. The molecule has 0 N–H and O–H groups in total. The molecule has 2 aromatic heterocycles. The maximum Gasteiger partial charge on any atom is 0.270 e. The van der Waals surface area contributed by atoms with Gasteiger partial charge in [-0.1, -0.05) is 0 Å². The zero-order valence-corrected chi connectivity index (χ0v) is 11.1. The van der Waals surface area contributed by atoms with Gasteiger partial charge in [0.25, 0.3) is 9.05 Å². The number of thiophene rings is 1. The van der Waals surface area contributed by atoms with Crippen molar-refractivity contribution in [1.82, 2.24) is 4.57 Å². The molecular formula is C10H8ClNO3S2. The molecule has 7 heteroatoms. The van der Waals surface area contributed by atoms with Crippen LogP contribution in [0.15, 0.2) is 34.8 Å². The number of hydrogen-bond donors (Lipinski definition) is 0. The molecule has 0 atom stereocenters. The van der Waals surface area contributed by atoms with Gasteiger partial charge in [0.15, 0.2) is 0 Å². The lowest BCUT2D eigenvalue weighted by Gasteiger charge is -1.92. The Morgan fingerprint density at radius 3 is 2.53 bits per heavy atom. The fourth-order valence-electron chi connectivity index (χ4n) is 1.35. The molecule has 0 unspecified atom stereocenters. The first-order valence-corrected chi connectivity index (χ1v) is 7.71. The predicted octanol–water partition coefficient (Wildman–Crippen LogP) is 2.25. The van der Waals surface area contributed by atoms with Crippen LogP contribution < -0.4 is 0 Å². The number of hydrogen-bond acceptors (Lipinski definition) is 4. The molecule has 0 fully saturated rings.